The van der Waals surface area contributed by atoms with Gasteiger partial charge in [-0.15, -0.1) is 11.3 Å². The first kappa shape index (κ1) is 11.8. The SMILES string of the molecule is NC(Cc1ccccc1)Cc1sccc1Br. The van der Waals surface area contributed by atoms with Gasteiger partial charge in [-0.3, -0.25) is 0 Å². The van der Waals surface area contributed by atoms with Crippen molar-refractivity contribution in [1.29, 1.82) is 0 Å². The summed E-state index contributed by atoms with van der Waals surface area (Å²) in [4.78, 5) is 1.34. The molecule has 16 heavy (non-hydrogen) atoms. The molecule has 0 bridgehead atoms. The summed E-state index contributed by atoms with van der Waals surface area (Å²) in [6, 6.07) is 12.7. The quantitative estimate of drug-likeness (QED) is 0.916. The molecular weight excluding hydrogens is 282 g/mol. The number of thiophene rings is 1. The van der Waals surface area contributed by atoms with Crippen molar-refractivity contribution < 1.29 is 0 Å². The third-order valence-electron chi connectivity index (χ3n) is 2.48. The van der Waals surface area contributed by atoms with Crippen molar-refractivity contribution in [3.05, 3.63) is 56.7 Å². The molecule has 1 aromatic carbocycles. The van der Waals surface area contributed by atoms with Gasteiger partial charge in [0.05, 0.1) is 0 Å². The number of rotatable bonds is 4. The molecule has 0 saturated heterocycles. The number of halogens is 1. The fraction of sp³-hybridized carbons (Fsp3) is 0.231. The zero-order valence-corrected chi connectivity index (χ0v) is 11.3. The van der Waals surface area contributed by atoms with Crippen molar-refractivity contribution in [3.63, 3.8) is 0 Å². The molecule has 2 aromatic rings. The molecule has 2 rings (SSSR count). The Balaban J connectivity index is 1.95. The van der Waals surface area contributed by atoms with Gasteiger partial charge in [-0.25, -0.2) is 0 Å². The molecule has 1 aromatic heterocycles. The Bertz CT molecular complexity index is 438. The topological polar surface area (TPSA) is 26.0 Å². The fourth-order valence-corrected chi connectivity index (χ4v) is 3.31. The van der Waals surface area contributed by atoms with Gasteiger partial charge in [-0.1, -0.05) is 30.3 Å². The Labute approximate surface area is 108 Å². The van der Waals surface area contributed by atoms with E-state index in [0.717, 1.165) is 12.8 Å². The lowest BCUT2D eigenvalue weighted by Crippen LogP contribution is -2.25. The molecule has 1 nitrogen and oxygen atoms in total. The van der Waals surface area contributed by atoms with Crippen LogP contribution in [0.4, 0.5) is 0 Å². The van der Waals surface area contributed by atoms with E-state index in [1.54, 1.807) is 11.3 Å². The summed E-state index contributed by atoms with van der Waals surface area (Å²) in [5.41, 5.74) is 7.46. The van der Waals surface area contributed by atoms with Gasteiger partial charge in [0.1, 0.15) is 0 Å². The summed E-state index contributed by atoms with van der Waals surface area (Å²) in [5, 5.41) is 2.09. The lowest BCUT2D eigenvalue weighted by Gasteiger charge is -2.10. The molecule has 0 saturated carbocycles. The van der Waals surface area contributed by atoms with Gasteiger partial charge in [0.25, 0.3) is 0 Å². The second-order valence-corrected chi connectivity index (χ2v) is 5.70. The normalized spacial score (nSPS) is 12.6. The average molecular weight is 296 g/mol. The molecule has 0 radical (unpaired) electrons. The largest absolute Gasteiger partial charge is 0.327 e. The molecule has 1 atom stereocenters. The van der Waals surface area contributed by atoms with Crippen molar-refractivity contribution >= 4 is 27.3 Å². The maximum Gasteiger partial charge on any atom is 0.0314 e. The zero-order chi connectivity index (χ0) is 11.4. The van der Waals surface area contributed by atoms with E-state index >= 15 is 0 Å². The van der Waals surface area contributed by atoms with Gasteiger partial charge in [0, 0.05) is 15.4 Å². The number of hydrogen-bond acceptors (Lipinski definition) is 2. The molecule has 0 aliphatic carbocycles. The Hall–Kier alpha value is -0.640. The lowest BCUT2D eigenvalue weighted by molar-refractivity contribution is 0.669. The summed E-state index contributed by atoms with van der Waals surface area (Å²) in [6.07, 6.45) is 1.87. The predicted octanol–water partition coefficient (Wildman–Crippen LogP) is 3.62. The standard InChI is InChI=1S/C13H14BrNS/c14-12-6-7-16-13(12)9-11(15)8-10-4-2-1-3-5-10/h1-7,11H,8-9,15H2. The van der Waals surface area contributed by atoms with Gasteiger partial charge in [-0.2, -0.15) is 0 Å². The first-order valence-corrected chi connectivity index (χ1v) is 6.94. The zero-order valence-electron chi connectivity index (χ0n) is 8.90. The van der Waals surface area contributed by atoms with Crippen molar-refractivity contribution in [2.24, 2.45) is 5.73 Å². The minimum atomic E-state index is 0.192. The Kier molecular flexibility index (Phi) is 4.16. The van der Waals surface area contributed by atoms with Crippen LogP contribution in [0.1, 0.15) is 10.4 Å². The summed E-state index contributed by atoms with van der Waals surface area (Å²) >= 11 is 5.30. The minimum Gasteiger partial charge on any atom is -0.327 e. The van der Waals surface area contributed by atoms with Crippen molar-refractivity contribution in [3.8, 4) is 0 Å². The van der Waals surface area contributed by atoms with Gasteiger partial charge in [-0.05, 0) is 45.8 Å². The highest BCUT2D eigenvalue weighted by atomic mass is 79.9. The highest BCUT2D eigenvalue weighted by molar-refractivity contribution is 9.10. The summed E-state index contributed by atoms with van der Waals surface area (Å²) in [5.74, 6) is 0. The first-order valence-electron chi connectivity index (χ1n) is 5.27. The van der Waals surface area contributed by atoms with Crippen LogP contribution in [0.5, 0.6) is 0 Å². The number of nitrogens with two attached hydrogens (primary N) is 1. The Morgan fingerprint density at radius 1 is 1.12 bits per heavy atom. The van der Waals surface area contributed by atoms with Crippen LogP contribution >= 0.6 is 27.3 Å². The van der Waals surface area contributed by atoms with Gasteiger partial charge >= 0.3 is 0 Å². The highest BCUT2D eigenvalue weighted by Crippen LogP contribution is 2.24. The average Bonchev–Trinajstić information content (AvgIpc) is 2.66. The molecule has 0 amide bonds. The van der Waals surface area contributed by atoms with Crippen LogP contribution in [0.2, 0.25) is 0 Å². The molecule has 3 heteroatoms. The van der Waals surface area contributed by atoms with Crippen LogP contribution < -0.4 is 5.73 Å². The third-order valence-corrected chi connectivity index (χ3v) is 4.43. The Morgan fingerprint density at radius 2 is 1.88 bits per heavy atom. The van der Waals surface area contributed by atoms with E-state index in [1.165, 1.54) is 14.9 Å². The van der Waals surface area contributed by atoms with E-state index < -0.39 is 0 Å². The number of hydrogen-bond donors (Lipinski definition) is 1. The van der Waals surface area contributed by atoms with E-state index in [2.05, 4.69) is 51.6 Å². The molecule has 0 spiro atoms. The van der Waals surface area contributed by atoms with E-state index in [4.69, 9.17) is 5.73 Å². The van der Waals surface area contributed by atoms with Crippen molar-refractivity contribution in [1.82, 2.24) is 0 Å². The van der Waals surface area contributed by atoms with Crippen molar-refractivity contribution in [2.75, 3.05) is 0 Å². The van der Waals surface area contributed by atoms with Gasteiger partial charge in [0.15, 0.2) is 0 Å². The van der Waals surface area contributed by atoms with Gasteiger partial charge in [0.2, 0.25) is 0 Å². The summed E-state index contributed by atoms with van der Waals surface area (Å²) in [6.45, 7) is 0. The van der Waals surface area contributed by atoms with E-state index in [9.17, 15) is 0 Å². The molecule has 2 N–H and O–H groups in total. The van der Waals surface area contributed by atoms with Crippen LogP contribution in [0.25, 0.3) is 0 Å². The predicted molar refractivity (Wildman–Crippen MR) is 73.8 cm³/mol. The second-order valence-electron chi connectivity index (χ2n) is 3.85. The van der Waals surface area contributed by atoms with Gasteiger partial charge < -0.3 is 5.73 Å². The maximum atomic E-state index is 6.15. The molecule has 0 aliphatic rings. The molecule has 1 heterocycles. The third kappa shape index (κ3) is 3.17. The minimum absolute atomic E-state index is 0.192. The lowest BCUT2D eigenvalue weighted by atomic mass is 10.0. The molecular formula is C13H14BrNS. The Morgan fingerprint density at radius 3 is 2.50 bits per heavy atom. The first-order chi connectivity index (χ1) is 7.75. The van der Waals surface area contributed by atoms with Crippen LogP contribution in [0, 0.1) is 0 Å². The van der Waals surface area contributed by atoms with Crippen LogP contribution in [-0.2, 0) is 12.8 Å². The van der Waals surface area contributed by atoms with Crippen molar-refractivity contribution in [2.45, 2.75) is 18.9 Å². The maximum absolute atomic E-state index is 6.15. The monoisotopic (exact) mass is 295 g/mol. The van der Waals surface area contributed by atoms with E-state index in [0.29, 0.717) is 0 Å². The molecule has 0 aliphatic heterocycles. The van der Waals surface area contributed by atoms with Crippen LogP contribution in [0.15, 0.2) is 46.3 Å². The smallest absolute Gasteiger partial charge is 0.0314 e. The molecule has 0 fully saturated rings. The second kappa shape index (κ2) is 5.62. The number of benzene rings is 1. The molecule has 84 valence electrons. The summed E-state index contributed by atoms with van der Waals surface area (Å²) < 4.78 is 1.18. The van der Waals surface area contributed by atoms with E-state index in [1.807, 2.05) is 6.07 Å². The molecule has 1 unspecified atom stereocenters. The van der Waals surface area contributed by atoms with Crippen LogP contribution in [0.3, 0.4) is 0 Å². The fourth-order valence-electron chi connectivity index (χ4n) is 1.70. The van der Waals surface area contributed by atoms with E-state index in [-0.39, 0.29) is 6.04 Å². The summed E-state index contributed by atoms with van der Waals surface area (Å²) in [7, 11) is 0. The van der Waals surface area contributed by atoms with Crippen LogP contribution in [-0.4, -0.2) is 6.04 Å². The highest BCUT2D eigenvalue weighted by Gasteiger charge is 2.08.